The maximum absolute atomic E-state index is 5.25. The van der Waals surface area contributed by atoms with Gasteiger partial charge in [-0.1, -0.05) is 12.1 Å². The van der Waals surface area contributed by atoms with Crippen molar-refractivity contribution in [2.45, 2.75) is 0 Å². The molecule has 2 radical (unpaired) electrons. The van der Waals surface area contributed by atoms with Gasteiger partial charge in [-0.25, -0.2) is 0 Å². The van der Waals surface area contributed by atoms with Crippen molar-refractivity contribution < 1.29 is 0 Å². The third-order valence-electron chi connectivity index (χ3n) is 0.688. The van der Waals surface area contributed by atoms with Crippen molar-refractivity contribution >= 4 is 13.4 Å². The molecule has 0 bridgehead atoms. The first kappa shape index (κ1) is 7.17. The topological polar surface area (TPSA) is 47.9 Å². The maximum Gasteiger partial charge on any atom is 0.141 e. The molecule has 1 aromatic rings. The lowest BCUT2D eigenvalue weighted by molar-refractivity contribution is 1.39. The minimum atomic E-state index is 0. The van der Waals surface area contributed by atoms with E-state index >= 15 is 0 Å². The van der Waals surface area contributed by atoms with Gasteiger partial charge >= 0.3 is 0 Å². The molecule has 1 heterocycles. The van der Waals surface area contributed by atoms with Crippen molar-refractivity contribution in [2.75, 3.05) is 0 Å². The third-order valence-corrected chi connectivity index (χ3v) is 0.688. The lowest BCUT2D eigenvalue weighted by Gasteiger charge is -1.82. The maximum atomic E-state index is 5.25. The summed E-state index contributed by atoms with van der Waals surface area (Å²) in [6, 6.07) is 5.43. The molecular formula is C5H7BN2. The summed E-state index contributed by atoms with van der Waals surface area (Å²) in [6.45, 7) is 0. The van der Waals surface area contributed by atoms with Gasteiger partial charge in [-0.15, -0.1) is 0 Å². The summed E-state index contributed by atoms with van der Waals surface area (Å²) in [6.07, 6.45) is 1.66. The first-order valence-electron chi connectivity index (χ1n) is 2.06. The minimum absolute atomic E-state index is 0. The molecule has 0 unspecified atom stereocenters. The van der Waals surface area contributed by atoms with E-state index in [1.165, 1.54) is 0 Å². The second-order valence-corrected chi connectivity index (χ2v) is 1.25. The van der Waals surface area contributed by atoms with E-state index in [0.717, 1.165) is 0 Å². The lowest BCUT2D eigenvalue weighted by Crippen LogP contribution is -2.04. The van der Waals surface area contributed by atoms with Crippen molar-refractivity contribution in [1.29, 1.82) is 0 Å². The third kappa shape index (κ3) is 1.75. The van der Waals surface area contributed by atoms with Gasteiger partial charge in [-0.3, -0.25) is 4.98 Å². The number of rotatable bonds is 0. The van der Waals surface area contributed by atoms with E-state index in [1.807, 2.05) is 12.1 Å². The summed E-state index contributed by atoms with van der Waals surface area (Å²) in [5.41, 5.74) is 0.572. The number of nitrogens with zero attached hydrogens (tertiary/aromatic N) is 1. The monoisotopic (exact) mass is 106 g/mol. The average Bonchev–Trinajstić information content (AvgIpc) is 1.69. The zero-order chi connectivity index (χ0) is 5.11. The molecule has 1 rings (SSSR count). The van der Waals surface area contributed by atoms with Gasteiger partial charge in [0, 0.05) is 6.20 Å². The molecule has 3 N–H and O–H groups in total. The lowest BCUT2D eigenvalue weighted by atomic mass is 10.1. The van der Waals surface area contributed by atoms with E-state index in [9.17, 15) is 0 Å². The van der Waals surface area contributed by atoms with Crippen LogP contribution in [0.4, 0.5) is 0 Å². The second-order valence-electron chi connectivity index (χ2n) is 1.25. The van der Waals surface area contributed by atoms with Crippen LogP contribution in [0, 0.1) is 0 Å². The molecule has 0 aliphatic carbocycles. The highest BCUT2D eigenvalue weighted by atomic mass is 14.6. The zero-order valence-electron chi connectivity index (χ0n) is 4.54. The molecule has 0 saturated heterocycles. The second kappa shape index (κ2) is 3.21. The van der Waals surface area contributed by atoms with Gasteiger partial charge in [0.05, 0.1) is 0 Å². The van der Waals surface area contributed by atoms with Crippen LogP contribution in [0.5, 0.6) is 0 Å². The zero-order valence-corrected chi connectivity index (χ0v) is 4.54. The standard InChI is InChI=1S/C5H4BN.H3N/c6-5-3-1-2-4-7-5;/h1-4H;1H3. The van der Waals surface area contributed by atoms with Crippen LogP contribution in [0.1, 0.15) is 0 Å². The minimum Gasteiger partial charge on any atom is -0.344 e. The van der Waals surface area contributed by atoms with Crippen LogP contribution >= 0.6 is 0 Å². The summed E-state index contributed by atoms with van der Waals surface area (Å²) in [7, 11) is 5.25. The summed E-state index contributed by atoms with van der Waals surface area (Å²) < 4.78 is 0. The van der Waals surface area contributed by atoms with Gasteiger partial charge in [0.1, 0.15) is 7.85 Å². The van der Waals surface area contributed by atoms with Crippen molar-refractivity contribution in [3.8, 4) is 0 Å². The summed E-state index contributed by atoms with van der Waals surface area (Å²) in [4.78, 5) is 3.76. The van der Waals surface area contributed by atoms with Crippen LogP contribution < -0.4 is 11.7 Å². The Morgan fingerprint density at radius 2 is 2.12 bits per heavy atom. The molecule has 2 nitrogen and oxygen atoms in total. The van der Waals surface area contributed by atoms with Crippen LogP contribution in [-0.2, 0) is 0 Å². The normalized spacial score (nSPS) is 7.50. The Kier molecular flexibility index (Phi) is 2.88. The highest BCUT2D eigenvalue weighted by molar-refractivity contribution is 6.30. The van der Waals surface area contributed by atoms with E-state index < -0.39 is 0 Å². The van der Waals surface area contributed by atoms with Crippen molar-refractivity contribution in [1.82, 2.24) is 11.1 Å². The molecule has 0 aliphatic heterocycles. The van der Waals surface area contributed by atoms with Crippen molar-refractivity contribution in [3.63, 3.8) is 0 Å². The Morgan fingerprint density at radius 1 is 1.38 bits per heavy atom. The molecule has 0 saturated carbocycles. The fourth-order valence-corrected chi connectivity index (χ4v) is 0.376. The molecule has 0 aliphatic rings. The first-order valence-corrected chi connectivity index (χ1v) is 2.06. The van der Waals surface area contributed by atoms with Crippen LogP contribution in [0.25, 0.3) is 0 Å². The molecule has 1 aromatic heterocycles. The smallest absolute Gasteiger partial charge is 0.141 e. The van der Waals surface area contributed by atoms with E-state index in [2.05, 4.69) is 4.98 Å². The van der Waals surface area contributed by atoms with Crippen LogP contribution in [-0.4, -0.2) is 12.8 Å². The fraction of sp³-hybridized carbons (Fsp3) is 0. The van der Waals surface area contributed by atoms with Gasteiger partial charge < -0.3 is 6.15 Å². The number of aromatic nitrogens is 1. The van der Waals surface area contributed by atoms with E-state index in [0.29, 0.717) is 5.59 Å². The molecule has 0 atom stereocenters. The Labute approximate surface area is 49.9 Å². The average molecular weight is 106 g/mol. The Bertz CT molecular complexity index is 140. The highest BCUT2D eigenvalue weighted by Gasteiger charge is 1.73. The number of hydrogen-bond donors (Lipinski definition) is 1. The molecule has 0 fully saturated rings. The van der Waals surface area contributed by atoms with Gasteiger partial charge in [0.25, 0.3) is 0 Å². The van der Waals surface area contributed by atoms with Gasteiger partial charge in [-0.2, -0.15) is 0 Å². The van der Waals surface area contributed by atoms with Crippen molar-refractivity contribution in [3.05, 3.63) is 24.4 Å². The van der Waals surface area contributed by atoms with Crippen LogP contribution in [0.3, 0.4) is 0 Å². The number of hydrogen-bond acceptors (Lipinski definition) is 2. The fourth-order valence-electron chi connectivity index (χ4n) is 0.376. The van der Waals surface area contributed by atoms with Gasteiger partial charge in [0.2, 0.25) is 0 Å². The quantitative estimate of drug-likeness (QED) is 0.474. The predicted molar refractivity (Wildman–Crippen MR) is 34.6 cm³/mol. The first-order chi connectivity index (χ1) is 3.39. The van der Waals surface area contributed by atoms with E-state index in [-0.39, 0.29) is 6.15 Å². The Balaban J connectivity index is 0.000000490. The van der Waals surface area contributed by atoms with Gasteiger partial charge in [0.15, 0.2) is 0 Å². The summed E-state index contributed by atoms with van der Waals surface area (Å²) in [5, 5.41) is 0. The van der Waals surface area contributed by atoms with Crippen LogP contribution in [0.15, 0.2) is 24.4 Å². The van der Waals surface area contributed by atoms with Crippen molar-refractivity contribution in [2.24, 2.45) is 0 Å². The molecular weight excluding hydrogens is 98.9 g/mol. The molecule has 0 amide bonds. The molecule has 0 aromatic carbocycles. The van der Waals surface area contributed by atoms with Gasteiger partial charge in [-0.05, 0) is 11.7 Å². The molecule has 40 valence electrons. The molecule has 3 heteroatoms. The van der Waals surface area contributed by atoms with Crippen LogP contribution in [0.2, 0.25) is 0 Å². The summed E-state index contributed by atoms with van der Waals surface area (Å²) >= 11 is 0. The number of pyridine rings is 1. The largest absolute Gasteiger partial charge is 0.344 e. The Morgan fingerprint density at radius 3 is 2.38 bits per heavy atom. The van der Waals surface area contributed by atoms with E-state index in [1.54, 1.807) is 12.3 Å². The Hall–Kier alpha value is -0.825. The highest BCUT2D eigenvalue weighted by Crippen LogP contribution is 1.70. The SMILES string of the molecule is N.[B]c1ccccn1. The van der Waals surface area contributed by atoms with E-state index in [4.69, 9.17) is 7.85 Å². The molecule has 0 spiro atoms. The molecule has 8 heavy (non-hydrogen) atoms. The summed E-state index contributed by atoms with van der Waals surface area (Å²) in [5.74, 6) is 0. The predicted octanol–water partition coefficient (Wildman–Crippen LogP) is 0.0374.